The van der Waals surface area contributed by atoms with Crippen molar-refractivity contribution in [2.75, 3.05) is 7.11 Å². The number of rotatable bonds is 2. The Balaban J connectivity index is 1.58. The van der Waals surface area contributed by atoms with Gasteiger partial charge in [0.25, 0.3) is 0 Å². The summed E-state index contributed by atoms with van der Waals surface area (Å²) in [4.78, 5) is 13.1. The average Bonchev–Trinajstić information content (AvgIpc) is 3.21. The Hall–Kier alpha value is -3.51. The Kier molecular flexibility index (Phi) is 4.19. The summed E-state index contributed by atoms with van der Waals surface area (Å²) in [6.45, 7) is 5.49. The maximum absolute atomic E-state index is 13.1. The number of aliphatic hydroxyl groups is 1. The van der Waals surface area contributed by atoms with Crippen LogP contribution in [0.5, 0.6) is 11.5 Å². The van der Waals surface area contributed by atoms with E-state index >= 15 is 0 Å². The van der Waals surface area contributed by atoms with Crippen molar-refractivity contribution in [1.29, 1.82) is 0 Å². The molecular weight excluding hydrogens is 430 g/mol. The number of benzene rings is 3. The molecule has 6 heteroatoms. The van der Waals surface area contributed by atoms with Crippen LogP contribution < -0.4 is 14.8 Å². The number of hydrogen-bond acceptors (Lipinski definition) is 5. The van der Waals surface area contributed by atoms with Crippen molar-refractivity contribution in [2.24, 2.45) is 0 Å². The second-order valence-corrected chi connectivity index (χ2v) is 10.2. The van der Waals surface area contributed by atoms with Crippen LogP contribution in [0.25, 0.3) is 16.8 Å². The van der Waals surface area contributed by atoms with E-state index in [0.717, 1.165) is 33.2 Å². The van der Waals surface area contributed by atoms with Gasteiger partial charge in [0.15, 0.2) is 11.7 Å². The highest BCUT2D eigenvalue weighted by Gasteiger charge is 2.67. The Bertz CT molecular complexity index is 1390. The lowest BCUT2D eigenvalue weighted by Crippen LogP contribution is -2.58. The van der Waals surface area contributed by atoms with Gasteiger partial charge in [-0.15, -0.1) is 0 Å². The van der Waals surface area contributed by atoms with E-state index < -0.39 is 28.9 Å². The third-order valence-electron chi connectivity index (χ3n) is 7.08. The fraction of sp³-hybridized carbons (Fsp3) is 0.321. The van der Waals surface area contributed by atoms with Crippen LogP contribution in [-0.4, -0.2) is 30.0 Å². The molecule has 3 atom stereocenters. The highest BCUT2D eigenvalue weighted by Crippen LogP contribution is 2.62. The molecule has 1 aliphatic heterocycles. The Morgan fingerprint density at radius 2 is 1.88 bits per heavy atom. The molecule has 0 radical (unpaired) electrons. The first-order valence-electron chi connectivity index (χ1n) is 11.5. The molecule has 6 nitrogen and oxygen atoms in total. The molecule has 0 aromatic heterocycles. The van der Waals surface area contributed by atoms with Gasteiger partial charge in [-0.05, 0) is 56.0 Å². The van der Waals surface area contributed by atoms with Crippen molar-refractivity contribution >= 4 is 22.9 Å². The standard InChI is InChI=1S/C28H27NO5/c1-26(2,3)34-25(30)29-27-15-7-9-16-8-5-11-19(22(16)27)28(31)20-14-13-17-18(23(20)33-24(27)28)10-6-12-21(17)32-4/h5-14,24,31H,15H2,1-4H3,(H,29,30)/t24?,27-,28+/m1/s1. The highest BCUT2D eigenvalue weighted by atomic mass is 16.6. The van der Waals surface area contributed by atoms with E-state index in [2.05, 4.69) is 5.32 Å². The molecule has 6 rings (SSSR count). The molecule has 1 amide bonds. The molecule has 0 bridgehead atoms. The van der Waals surface area contributed by atoms with Crippen LogP contribution in [0.1, 0.15) is 49.4 Å². The SMILES string of the molecule is COc1cccc2c3c(ccc12)[C@@]1(O)c2cccc4c2[C@](NC(=O)OC(C)(C)C)(CC=C4)C1O3. The molecule has 3 aromatic carbocycles. The summed E-state index contributed by atoms with van der Waals surface area (Å²) in [5.74, 6) is 1.35. The third-order valence-corrected chi connectivity index (χ3v) is 7.08. The second-order valence-electron chi connectivity index (χ2n) is 10.2. The largest absolute Gasteiger partial charge is 0.496 e. The molecule has 3 aliphatic rings. The van der Waals surface area contributed by atoms with Crippen LogP contribution in [0.15, 0.2) is 54.6 Å². The number of carbonyl (C=O) groups is 1. The van der Waals surface area contributed by atoms with E-state index in [1.165, 1.54) is 0 Å². The molecule has 1 unspecified atom stereocenters. The van der Waals surface area contributed by atoms with Gasteiger partial charge in [-0.2, -0.15) is 0 Å². The van der Waals surface area contributed by atoms with E-state index in [9.17, 15) is 9.90 Å². The maximum atomic E-state index is 13.1. The molecule has 34 heavy (non-hydrogen) atoms. The molecule has 0 saturated carbocycles. The zero-order chi connectivity index (χ0) is 23.9. The lowest BCUT2D eigenvalue weighted by molar-refractivity contribution is -0.0401. The van der Waals surface area contributed by atoms with Crippen LogP contribution in [0.4, 0.5) is 4.79 Å². The van der Waals surface area contributed by atoms with Crippen molar-refractivity contribution < 1.29 is 24.1 Å². The fourth-order valence-corrected chi connectivity index (χ4v) is 5.90. The number of carbonyl (C=O) groups excluding carboxylic acids is 1. The summed E-state index contributed by atoms with van der Waals surface area (Å²) in [5.41, 5.74) is 0.195. The number of methoxy groups -OCH3 is 1. The Labute approximate surface area is 198 Å². The number of fused-ring (bicyclic) bond motifs is 7. The van der Waals surface area contributed by atoms with E-state index in [0.29, 0.717) is 17.7 Å². The number of alkyl carbamates (subject to hydrolysis) is 1. The van der Waals surface area contributed by atoms with Crippen molar-refractivity contribution in [3.05, 3.63) is 76.9 Å². The molecule has 174 valence electrons. The van der Waals surface area contributed by atoms with Crippen LogP contribution in [0.2, 0.25) is 0 Å². The number of ether oxygens (including phenoxy) is 3. The fourth-order valence-electron chi connectivity index (χ4n) is 5.90. The lowest BCUT2D eigenvalue weighted by Gasteiger charge is -2.39. The monoisotopic (exact) mass is 457 g/mol. The van der Waals surface area contributed by atoms with Crippen molar-refractivity contribution in [3.63, 3.8) is 0 Å². The minimum atomic E-state index is -1.43. The van der Waals surface area contributed by atoms with Gasteiger partial charge in [-0.3, -0.25) is 0 Å². The molecule has 0 saturated heterocycles. The minimum Gasteiger partial charge on any atom is -0.496 e. The van der Waals surface area contributed by atoms with Gasteiger partial charge < -0.3 is 24.6 Å². The zero-order valence-electron chi connectivity index (χ0n) is 19.6. The van der Waals surface area contributed by atoms with Gasteiger partial charge in [-0.25, -0.2) is 4.79 Å². The minimum absolute atomic E-state index is 0.471. The van der Waals surface area contributed by atoms with Crippen molar-refractivity contribution in [3.8, 4) is 11.5 Å². The first kappa shape index (κ1) is 21.1. The molecule has 2 aliphatic carbocycles. The first-order valence-corrected chi connectivity index (χ1v) is 11.5. The van der Waals surface area contributed by atoms with Gasteiger partial charge >= 0.3 is 6.09 Å². The molecule has 3 aromatic rings. The van der Waals surface area contributed by atoms with Crippen molar-refractivity contribution in [1.82, 2.24) is 5.32 Å². The van der Waals surface area contributed by atoms with Crippen LogP contribution >= 0.6 is 0 Å². The van der Waals surface area contributed by atoms with E-state index in [-0.39, 0.29) is 0 Å². The summed E-state index contributed by atoms with van der Waals surface area (Å²) in [6.07, 6.45) is 3.21. The van der Waals surface area contributed by atoms with Gasteiger partial charge in [0.1, 0.15) is 22.6 Å². The lowest BCUT2D eigenvalue weighted by atomic mass is 9.79. The highest BCUT2D eigenvalue weighted by molar-refractivity contribution is 5.95. The first-order chi connectivity index (χ1) is 16.2. The maximum Gasteiger partial charge on any atom is 0.408 e. The molecular formula is C28H27NO5. The molecule has 2 N–H and O–H groups in total. The van der Waals surface area contributed by atoms with Crippen LogP contribution in [0, 0.1) is 0 Å². The van der Waals surface area contributed by atoms with Crippen molar-refractivity contribution in [2.45, 2.75) is 50.0 Å². The molecule has 1 heterocycles. The average molecular weight is 458 g/mol. The number of amides is 1. The van der Waals surface area contributed by atoms with E-state index in [4.69, 9.17) is 14.2 Å². The quantitative estimate of drug-likeness (QED) is 0.567. The summed E-state index contributed by atoms with van der Waals surface area (Å²) in [6, 6.07) is 15.5. The summed E-state index contributed by atoms with van der Waals surface area (Å²) in [7, 11) is 1.64. The number of hydrogen-bond donors (Lipinski definition) is 2. The Morgan fingerprint density at radius 3 is 2.65 bits per heavy atom. The summed E-state index contributed by atoms with van der Waals surface area (Å²) in [5, 5.41) is 17.3. The Morgan fingerprint density at radius 1 is 1.09 bits per heavy atom. The molecule has 0 spiro atoms. The summed E-state index contributed by atoms with van der Waals surface area (Å²) >= 11 is 0. The van der Waals surface area contributed by atoms with Crippen LogP contribution in [0.3, 0.4) is 0 Å². The topological polar surface area (TPSA) is 77.0 Å². The summed E-state index contributed by atoms with van der Waals surface area (Å²) < 4.78 is 17.8. The number of nitrogens with one attached hydrogen (secondary N) is 1. The zero-order valence-corrected chi connectivity index (χ0v) is 19.6. The van der Waals surface area contributed by atoms with E-state index in [1.807, 2.05) is 81.5 Å². The third kappa shape index (κ3) is 2.63. The van der Waals surface area contributed by atoms with Gasteiger partial charge in [0, 0.05) is 16.3 Å². The van der Waals surface area contributed by atoms with E-state index in [1.54, 1.807) is 7.11 Å². The predicted octanol–water partition coefficient (Wildman–Crippen LogP) is 5.00. The van der Waals surface area contributed by atoms with Crippen LogP contribution in [-0.2, 0) is 15.9 Å². The van der Waals surface area contributed by atoms with Gasteiger partial charge in [-0.1, -0.05) is 48.6 Å². The van der Waals surface area contributed by atoms with Gasteiger partial charge in [0.2, 0.25) is 0 Å². The normalized spacial score (nSPS) is 25.9. The predicted molar refractivity (Wildman–Crippen MR) is 129 cm³/mol. The smallest absolute Gasteiger partial charge is 0.408 e. The van der Waals surface area contributed by atoms with Gasteiger partial charge in [0.05, 0.1) is 7.11 Å². The molecule has 0 fully saturated rings. The second kappa shape index (κ2) is 6.76.